The minimum Gasteiger partial charge on any atom is -0.459 e. The highest BCUT2D eigenvalue weighted by atomic mass is 19.4. The van der Waals surface area contributed by atoms with Crippen molar-refractivity contribution in [2.75, 3.05) is 25.0 Å². The molecule has 3 heterocycles. The average molecular weight is 613 g/mol. The number of H-pyrrole nitrogens is 1. The van der Waals surface area contributed by atoms with Gasteiger partial charge in [0.1, 0.15) is 24.3 Å². The van der Waals surface area contributed by atoms with Gasteiger partial charge in [-0.15, -0.1) is 0 Å². The van der Waals surface area contributed by atoms with E-state index in [1.54, 1.807) is 0 Å². The first-order chi connectivity index (χ1) is 20.6. The Labute approximate surface area is 245 Å². The minimum absolute atomic E-state index is 0.00849. The molecule has 0 bridgehead atoms. The number of ether oxygens (including phenoxy) is 3. The summed E-state index contributed by atoms with van der Waals surface area (Å²) < 4.78 is 51.6. The van der Waals surface area contributed by atoms with Gasteiger partial charge in [0.05, 0.1) is 12.9 Å². The topological polar surface area (TPSA) is 181 Å². The van der Waals surface area contributed by atoms with Crippen LogP contribution in [0.2, 0.25) is 0 Å². The molecule has 0 spiro atoms. The number of aromatic amines is 1. The molecule has 43 heavy (non-hydrogen) atoms. The van der Waals surface area contributed by atoms with E-state index in [2.05, 4.69) is 25.3 Å². The van der Waals surface area contributed by atoms with Crippen molar-refractivity contribution in [1.29, 1.82) is 0 Å². The van der Waals surface area contributed by atoms with Crippen LogP contribution in [0.25, 0.3) is 11.2 Å². The zero-order chi connectivity index (χ0) is 31.2. The van der Waals surface area contributed by atoms with E-state index < -0.39 is 36.6 Å². The molecule has 13 nitrogen and oxygen atoms in total. The van der Waals surface area contributed by atoms with E-state index in [-0.39, 0.29) is 25.6 Å². The lowest BCUT2D eigenvalue weighted by Gasteiger charge is -2.14. The van der Waals surface area contributed by atoms with Crippen LogP contribution in [0, 0.1) is 0 Å². The largest absolute Gasteiger partial charge is 0.471 e. The highest BCUT2D eigenvalue weighted by Gasteiger charge is 2.38. The summed E-state index contributed by atoms with van der Waals surface area (Å²) in [5, 5.41) is 22.8. The number of aliphatic hydroxyl groups is 2. The van der Waals surface area contributed by atoms with E-state index >= 15 is 0 Å². The van der Waals surface area contributed by atoms with Gasteiger partial charge >= 0.3 is 24.1 Å². The number of unbranched alkanes of at least 4 members (excludes halogenated alkanes) is 3. The van der Waals surface area contributed by atoms with Crippen LogP contribution in [-0.4, -0.2) is 86.4 Å². The van der Waals surface area contributed by atoms with Crippen molar-refractivity contribution < 1.29 is 47.2 Å². The molecule has 0 saturated carbocycles. The number of nitrogens with one attached hydrogen (secondary N) is 3. The van der Waals surface area contributed by atoms with Crippen molar-refractivity contribution in [2.45, 2.75) is 70.3 Å². The minimum atomic E-state index is -4.83. The van der Waals surface area contributed by atoms with Crippen LogP contribution >= 0.6 is 0 Å². The second-order valence-corrected chi connectivity index (χ2v) is 9.52. The predicted molar refractivity (Wildman–Crippen MR) is 147 cm³/mol. The number of rotatable bonds is 13. The third kappa shape index (κ3) is 11.3. The number of benzene rings is 1. The predicted octanol–water partition coefficient (Wildman–Crippen LogP) is 2.60. The molecule has 16 heteroatoms. The summed E-state index contributed by atoms with van der Waals surface area (Å²) in [6, 6.07) is 9.88. The first kappa shape index (κ1) is 33.5. The van der Waals surface area contributed by atoms with E-state index in [4.69, 9.17) is 24.4 Å². The molecule has 1 aromatic carbocycles. The fraction of sp³-hybridized carbons (Fsp3) is 0.519. The normalized spacial score (nSPS) is 18.0. The van der Waals surface area contributed by atoms with Crippen molar-refractivity contribution in [3.05, 3.63) is 42.2 Å². The van der Waals surface area contributed by atoms with Gasteiger partial charge in [0.15, 0.2) is 17.8 Å². The lowest BCUT2D eigenvalue weighted by molar-refractivity contribution is -0.173. The van der Waals surface area contributed by atoms with Gasteiger partial charge < -0.3 is 40.0 Å². The number of anilines is 1. The molecule has 4 rings (SSSR count). The van der Waals surface area contributed by atoms with E-state index in [0.717, 1.165) is 18.4 Å². The van der Waals surface area contributed by atoms with Crippen LogP contribution in [0.15, 0.2) is 36.7 Å². The summed E-state index contributed by atoms with van der Waals surface area (Å²) in [7, 11) is 0. The van der Waals surface area contributed by atoms with Crippen molar-refractivity contribution in [2.24, 2.45) is 0 Å². The maximum Gasteiger partial charge on any atom is 0.471 e. The number of aromatic nitrogens is 4. The molecule has 1 amide bonds. The number of nitrogens with zero attached hydrogens (tertiary/aromatic N) is 3. The summed E-state index contributed by atoms with van der Waals surface area (Å²) in [5.41, 5.74) is 2.15. The Morgan fingerprint density at radius 1 is 1.12 bits per heavy atom. The molecule has 3 atom stereocenters. The first-order valence-electron chi connectivity index (χ1n) is 13.6. The molecule has 5 N–H and O–H groups in total. The van der Waals surface area contributed by atoms with Gasteiger partial charge in [-0.3, -0.25) is 9.59 Å². The van der Waals surface area contributed by atoms with Crippen LogP contribution in [0.5, 0.6) is 6.01 Å². The molecule has 0 radical (unpaired) electrons. The third-order valence-electron chi connectivity index (χ3n) is 6.09. The molecule has 3 aromatic rings. The lowest BCUT2D eigenvalue weighted by Crippen LogP contribution is -2.37. The second-order valence-electron chi connectivity index (χ2n) is 9.52. The van der Waals surface area contributed by atoms with Crippen LogP contribution in [0.1, 0.15) is 44.6 Å². The molecule has 236 valence electrons. The Balaban J connectivity index is 0.000000353. The van der Waals surface area contributed by atoms with Gasteiger partial charge in [-0.1, -0.05) is 43.2 Å². The third-order valence-corrected chi connectivity index (χ3v) is 6.09. The summed E-state index contributed by atoms with van der Waals surface area (Å²) in [6.45, 7) is 1.97. The maximum atomic E-state index is 12.1. The van der Waals surface area contributed by atoms with Gasteiger partial charge in [0.25, 0.3) is 0 Å². The van der Waals surface area contributed by atoms with Crippen LogP contribution in [-0.2, 0) is 25.7 Å². The monoisotopic (exact) mass is 612 g/mol. The SMILES string of the molecule is CC(=O)O[C@H]1CC(O)O[C@@H]1CO.O=C(NCCCCCCNc1nc(OCc2ccccc2)nc2nc[nH]c12)C(F)(F)F. The number of aliphatic hydroxyl groups excluding tert-OH is 2. The number of halogens is 3. The number of carbonyl (C=O) groups is 2. The number of esters is 1. The molecular weight excluding hydrogens is 577 g/mol. The number of alkyl halides is 3. The summed E-state index contributed by atoms with van der Waals surface area (Å²) >= 11 is 0. The van der Waals surface area contributed by atoms with Crippen molar-refractivity contribution in [1.82, 2.24) is 25.3 Å². The molecule has 1 fully saturated rings. The number of hydrogen-bond donors (Lipinski definition) is 5. The van der Waals surface area contributed by atoms with E-state index in [1.807, 2.05) is 35.6 Å². The summed E-state index contributed by atoms with van der Waals surface area (Å²) in [4.78, 5) is 37.1. The van der Waals surface area contributed by atoms with Gasteiger partial charge in [-0.25, -0.2) is 4.98 Å². The number of imidazole rings is 1. The summed E-state index contributed by atoms with van der Waals surface area (Å²) in [6.07, 6.45) is -2.37. The number of hydrogen-bond acceptors (Lipinski definition) is 11. The molecule has 1 aliphatic heterocycles. The second kappa shape index (κ2) is 16.6. The highest BCUT2D eigenvalue weighted by Crippen LogP contribution is 2.22. The van der Waals surface area contributed by atoms with Gasteiger partial charge in [0, 0.05) is 26.4 Å². The van der Waals surface area contributed by atoms with Gasteiger partial charge in [-0.05, 0) is 18.4 Å². The maximum absolute atomic E-state index is 12.1. The van der Waals surface area contributed by atoms with Crippen molar-refractivity contribution in [3.63, 3.8) is 0 Å². The Morgan fingerprint density at radius 2 is 1.84 bits per heavy atom. The number of amides is 1. The van der Waals surface area contributed by atoms with Gasteiger partial charge in [0.2, 0.25) is 0 Å². The van der Waals surface area contributed by atoms with E-state index in [1.165, 1.54) is 13.3 Å². The molecule has 1 aliphatic rings. The first-order valence-corrected chi connectivity index (χ1v) is 13.6. The Morgan fingerprint density at radius 3 is 2.51 bits per heavy atom. The van der Waals surface area contributed by atoms with E-state index in [9.17, 15) is 22.8 Å². The smallest absolute Gasteiger partial charge is 0.459 e. The summed E-state index contributed by atoms with van der Waals surface area (Å²) in [5.74, 6) is -1.76. The molecule has 2 aromatic heterocycles. The molecule has 1 unspecified atom stereocenters. The number of fused-ring (bicyclic) bond motifs is 1. The molecular formula is C27H35F3N6O7. The van der Waals surface area contributed by atoms with Crippen LogP contribution < -0.4 is 15.4 Å². The van der Waals surface area contributed by atoms with Gasteiger partial charge in [-0.2, -0.15) is 23.1 Å². The fourth-order valence-corrected chi connectivity index (χ4v) is 4.03. The van der Waals surface area contributed by atoms with Crippen LogP contribution in [0.3, 0.4) is 0 Å². The van der Waals surface area contributed by atoms with Crippen LogP contribution in [0.4, 0.5) is 19.0 Å². The fourth-order valence-electron chi connectivity index (χ4n) is 4.03. The van der Waals surface area contributed by atoms with Crippen molar-refractivity contribution >= 4 is 28.9 Å². The zero-order valence-electron chi connectivity index (χ0n) is 23.5. The number of carbonyl (C=O) groups excluding carboxylic acids is 2. The molecule has 0 aliphatic carbocycles. The van der Waals surface area contributed by atoms with Crippen molar-refractivity contribution in [3.8, 4) is 6.01 Å². The Kier molecular flexibility index (Phi) is 12.9. The Hall–Kier alpha value is -4.02. The quantitative estimate of drug-likeness (QED) is 0.141. The standard InChI is InChI=1S/C20H23F3N6O2.C7H12O5/c21-20(22,23)18(30)25-11-7-2-1-6-10-24-16-15-17(27-13-26-15)29-19(28-16)31-12-14-8-4-3-5-9-14;1-4(9)11-5-2-7(10)12-6(5)3-8/h3-5,8-9,13H,1-2,6-7,10-12H2,(H,25,30)(H2,24,26,27,28,29);5-8,10H,2-3H2,1H3/t;5-,6+,7?/m.0/s1. The van der Waals surface area contributed by atoms with E-state index in [0.29, 0.717) is 43.0 Å². The lowest BCUT2D eigenvalue weighted by atomic mass is 10.2. The average Bonchev–Trinajstić information content (AvgIpc) is 3.59. The Bertz CT molecular complexity index is 1300. The highest BCUT2D eigenvalue weighted by molar-refractivity contribution is 5.82. The zero-order valence-corrected chi connectivity index (χ0v) is 23.5. The molecule has 1 saturated heterocycles.